The maximum atomic E-state index is 11.5. The van der Waals surface area contributed by atoms with Crippen molar-refractivity contribution in [3.63, 3.8) is 0 Å². The molecule has 0 spiro atoms. The molecule has 1 heterocycles. The van der Waals surface area contributed by atoms with Crippen LogP contribution in [0.3, 0.4) is 0 Å². The second-order valence-corrected chi connectivity index (χ2v) is 7.18. The Labute approximate surface area is 148 Å². The minimum Gasteiger partial charge on any atom is -0.478 e. The van der Waals surface area contributed by atoms with Crippen LogP contribution >= 0.6 is 11.6 Å². The Morgan fingerprint density at radius 2 is 1.68 bits per heavy atom. The second-order valence-electron chi connectivity index (χ2n) is 5.19. The summed E-state index contributed by atoms with van der Waals surface area (Å²) in [6.07, 6.45) is 1.36. The first-order valence-electron chi connectivity index (χ1n) is 6.98. The first-order valence-corrected chi connectivity index (χ1v) is 8.90. The summed E-state index contributed by atoms with van der Waals surface area (Å²) >= 11 is 5.85. The first kappa shape index (κ1) is 17.2. The van der Waals surface area contributed by atoms with Gasteiger partial charge >= 0.3 is 5.97 Å². The number of rotatable bonds is 4. The number of aromatic nitrogens is 2. The van der Waals surface area contributed by atoms with Crippen molar-refractivity contribution in [3.05, 3.63) is 65.3 Å². The molecular formula is C16H12ClN3O4S. The lowest BCUT2D eigenvalue weighted by Gasteiger charge is -2.03. The number of hydrogen-bond acceptors (Lipinski definition) is 4. The van der Waals surface area contributed by atoms with Gasteiger partial charge in [0.2, 0.25) is 10.0 Å². The predicted molar refractivity (Wildman–Crippen MR) is 92.3 cm³/mol. The Morgan fingerprint density at radius 3 is 2.20 bits per heavy atom. The van der Waals surface area contributed by atoms with Crippen LogP contribution in [-0.4, -0.2) is 29.3 Å². The number of nitrogens with zero attached hydrogens (tertiary/aromatic N) is 2. The second kappa shape index (κ2) is 6.32. The monoisotopic (exact) mass is 377 g/mol. The van der Waals surface area contributed by atoms with Gasteiger partial charge in [0.15, 0.2) is 0 Å². The summed E-state index contributed by atoms with van der Waals surface area (Å²) in [6, 6.07) is 12.3. The number of carbonyl (C=O) groups is 1. The van der Waals surface area contributed by atoms with E-state index in [2.05, 4.69) is 5.10 Å². The standard InChI is InChI=1S/C16H12ClN3O4S/c17-11-3-1-10(2-4-11)15-14(16(21)22)9-20(19-15)12-5-7-13(8-6-12)25(18,23)24/h1-9H,(H,21,22)(H2,18,23,24). The average Bonchev–Trinajstić information content (AvgIpc) is 3.00. The van der Waals surface area contributed by atoms with Gasteiger partial charge in [0.05, 0.1) is 10.6 Å². The van der Waals surface area contributed by atoms with Crippen LogP contribution in [-0.2, 0) is 10.0 Å². The first-order chi connectivity index (χ1) is 11.8. The van der Waals surface area contributed by atoms with Crippen molar-refractivity contribution in [3.8, 4) is 16.9 Å². The van der Waals surface area contributed by atoms with E-state index in [1.165, 1.54) is 35.1 Å². The molecule has 0 amide bonds. The lowest BCUT2D eigenvalue weighted by atomic mass is 10.1. The number of hydrogen-bond donors (Lipinski definition) is 2. The highest BCUT2D eigenvalue weighted by molar-refractivity contribution is 7.89. The molecule has 3 N–H and O–H groups in total. The van der Waals surface area contributed by atoms with Gasteiger partial charge in [-0.25, -0.2) is 23.0 Å². The Bertz CT molecular complexity index is 1040. The van der Waals surface area contributed by atoms with Crippen LogP contribution in [0, 0.1) is 0 Å². The van der Waals surface area contributed by atoms with E-state index in [9.17, 15) is 18.3 Å². The zero-order chi connectivity index (χ0) is 18.2. The van der Waals surface area contributed by atoms with E-state index in [1.54, 1.807) is 24.3 Å². The highest BCUT2D eigenvalue weighted by Crippen LogP contribution is 2.25. The van der Waals surface area contributed by atoms with Crippen molar-refractivity contribution < 1.29 is 18.3 Å². The van der Waals surface area contributed by atoms with Crippen LogP contribution in [0.1, 0.15) is 10.4 Å². The number of carboxylic acid groups (broad SMARTS) is 1. The van der Waals surface area contributed by atoms with Crippen LogP contribution in [0.4, 0.5) is 0 Å². The summed E-state index contributed by atoms with van der Waals surface area (Å²) in [5.74, 6) is -1.13. The lowest BCUT2D eigenvalue weighted by Crippen LogP contribution is -2.12. The number of carboxylic acids is 1. The third-order valence-corrected chi connectivity index (χ3v) is 4.67. The van der Waals surface area contributed by atoms with E-state index in [0.29, 0.717) is 16.3 Å². The molecule has 0 radical (unpaired) electrons. The van der Waals surface area contributed by atoms with Crippen molar-refractivity contribution in [1.29, 1.82) is 0 Å². The SMILES string of the molecule is NS(=O)(=O)c1ccc(-n2cc(C(=O)O)c(-c3ccc(Cl)cc3)n2)cc1. The van der Waals surface area contributed by atoms with Gasteiger partial charge in [-0.1, -0.05) is 23.7 Å². The van der Waals surface area contributed by atoms with Gasteiger partial charge in [-0.3, -0.25) is 0 Å². The third kappa shape index (κ3) is 3.55. The number of halogens is 1. The Kier molecular flexibility index (Phi) is 4.34. The molecule has 0 saturated heterocycles. The summed E-state index contributed by atoms with van der Waals surface area (Å²) in [5, 5.41) is 19.3. The molecule has 2 aromatic carbocycles. The lowest BCUT2D eigenvalue weighted by molar-refractivity contribution is 0.0697. The maximum Gasteiger partial charge on any atom is 0.339 e. The van der Waals surface area contributed by atoms with E-state index >= 15 is 0 Å². The summed E-state index contributed by atoms with van der Waals surface area (Å²) in [4.78, 5) is 11.5. The fourth-order valence-electron chi connectivity index (χ4n) is 2.27. The minimum atomic E-state index is -3.80. The highest BCUT2D eigenvalue weighted by Gasteiger charge is 2.18. The van der Waals surface area contributed by atoms with Gasteiger partial charge in [0.25, 0.3) is 0 Å². The predicted octanol–water partition coefficient (Wildman–Crippen LogP) is 2.54. The van der Waals surface area contributed by atoms with E-state index in [4.69, 9.17) is 16.7 Å². The molecule has 0 bridgehead atoms. The van der Waals surface area contributed by atoms with Crippen molar-refractivity contribution in [1.82, 2.24) is 9.78 Å². The van der Waals surface area contributed by atoms with Gasteiger partial charge < -0.3 is 5.11 Å². The van der Waals surface area contributed by atoms with Crippen molar-refractivity contribution in [2.75, 3.05) is 0 Å². The zero-order valence-electron chi connectivity index (χ0n) is 12.6. The summed E-state index contributed by atoms with van der Waals surface area (Å²) in [6.45, 7) is 0. The van der Waals surface area contributed by atoms with E-state index in [-0.39, 0.29) is 16.2 Å². The Hall–Kier alpha value is -2.68. The summed E-state index contributed by atoms with van der Waals surface area (Å²) < 4.78 is 24.0. The van der Waals surface area contributed by atoms with Gasteiger partial charge in [-0.15, -0.1) is 0 Å². The smallest absolute Gasteiger partial charge is 0.339 e. The number of primary sulfonamides is 1. The summed E-state index contributed by atoms with van der Waals surface area (Å²) in [5.41, 5.74) is 1.38. The molecule has 7 nitrogen and oxygen atoms in total. The quantitative estimate of drug-likeness (QED) is 0.724. The molecule has 0 unspecified atom stereocenters. The molecule has 128 valence electrons. The Morgan fingerprint density at radius 1 is 1.08 bits per heavy atom. The van der Waals surface area contributed by atoms with Gasteiger partial charge in [0, 0.05) is 16.8 Å². The third-order valence-electron chi connectivity index (χ3n) is 3.49. The van der Waals surface area contributed by atoms with Crippen LogP contribution in [0.5, 0.6) is 0 Å². The van der Waals surface area contributed by atoms with Crippen molar-refractivity contribution in [2.24, 2.45) is 5.14 Å². The van der Waals surface area contributed by atoms with Crippen LogP contribution < -0.4 is 5.14 Å². The molecule has 0 aliphatic heterocycles. The van der Waals surface area contributed by atoms with E-state index in [1.807, 2.05) is 0 Å². The normalized spacial score (nSPS) is 11.4. The largest absolute Gasteiger partial charge is 0.478 e. The summed E-state index contributed by atoms with van der Waals surface area (Å²) in [7, 11) is -3.80. The molecule has 3 aromatic rings. The van der Waals surface area contributed by atoms with Crippen molar-refractivity contribution in [2.45, 2.75) is 4.90 Å². The highest BCUT2D eigenvalue weighted by atomic mass is 35.5. The minimum absolute atomic E-state index is 0.0119. The fourth-order valence-corrected chi connectivity index (χ4v) is 2.91. The fraction of sp³-hybridized carbons (Fsp3) is 0. The van der Waals surface area contributed by atoms with E-state index < -0.39 is 16.0 Å². The van der Waals surface area contributed by atoms with Gasteiger partial charge in [0.1, 0.15) is 11.3 Å². The zero-order valence-corrected chi connectivity index (χ0v) is 14.2. The molecule has 0 aliphatic carbocycles. The molecule has 25 heavy (non-hydrogen) atoms. The van der Waals surface area contributed by atoms with Crippen molar-refractivity contribution >= 4 is 27.6 Å². The molecule has 0 aliphatic rings. The molecule has 0 atom stereocenters. The topological polar surface area (TPSA) is 115 Å². The number of benzene rings is 2. The van der Waals surface area contributed by atoms with Crippen LogP contribution in [0.2, 0.25) is 5.02 Å². The number of aromatic carboxylic acids is 1. The number of nitrogens with two attached hydrogens (primary N) is 1. The maximum absolute atomic E-state index is 11.5. The van der Waals surface area contributed by atoms with Crippen LogP contribution in [0.15, 0.2) is 59.6 Å². The molecule has 9 heteroatoms. The molecule has 0 fully saturated rings. The Balaban J connectivity index is 2.08. The molecule has 3 rings (SSSR count). The average molecular weight is 378 g/mol. The molecule has 1 aromatic heterocycles. The molecular weight excluding hydrogens is 366 g/mol. The van der Waals surface area contributed by atoms with Gasteiger partial charge in [-0.05, 0) is 36.4 Å². The van der Waals surface area contributed by atoms with Gasteiger partial charge in [-0.2, -0.15) is 5.10 Å². The number of sulfonamides is 1. The van der Waals surface area contributed by atoms with E-state index in [0.717, 1.165) is 0 Å². The van der Waals surface area contributed by atoms with Crippen LogP contribution in [0.25, 0.3) is 16.9 Å². The molecule has 0 saturated carbocycles.